The summed E-state index contributed by atoms with van der Waals surface area (Å²) in [6.07, 6.45) is 9.67. The smallest absolute Gasteiger partial charge is 0.0704 e. The summed E-state index contributed by atoms with van der Waals surface area (Å²) in [5, 5.41) is 9.75. The Kier molecular flexibility index (Phi) is 8.48. The summed E-state index contributed by atoms with van der Waals surface area (Å²) in [6, 6.07) is 0. The first kappa shape index (κ1) is 20.2. The molecule has 0 unspecified atom stereocenters. The monoisotopic (exact) mass is 342 g/mol. The van der Waals surface area contributed by atoms with Crippen LogP contribution in [0.3, 0.4) is 0 Å². The maximum atomic E-state index is 9.75. The Morgan fingerprint density at radius 2 is 1.33 bits per heavy atom. The standard InChI is InChI=1S/C20H38O4/c1-20(2,16-4-8-18(21)9-5-16)17-6-10-19(11-7-17)24-15-14-23-13-12-22-3/h16-19,21H,4-15H2,1-3H3. The highest BCUT2D eigenvalue weighted by atomic mass is 16.5. The van der Waals surface area contributed by atoms with Gasteiger partial charge in [0.15, 0.2) is 0 Å². The molecule has 0 aromatic heterocycles. The van der Waals surface area contributed by atoms with E-state index in [0.717, 1.165) is 24.7 Å². The largest absolute Gasteiger partial charge is 0.393 e. The third kappa shape index (κ3) is 5.98. The Bertz CT molecular complexity index is 329. The molecule has 4 heteroatoms. The summed E-state index contributed by atoms with van der Waals surface area (Å²) >= 11 is 0. The molecule has 2 aliphatic rings. The number of methoxy groups -OCH3 is 1. The Hall–Kier alpha value is -0.160. The molecule has 0 heterocycles. The number of aliphatic hydroxyl groups is 1. The van der Waals surface area contributed by atoms with Crippen LogP contribution in [0.2, 0.25) is 0 Å². The van der Waals surface area contributed by atoms with E-state index in [4.69, 9.17) is 14.2 Å². The summed E-state index contributed by atoms with van der Waals surface area (Å²) in [6.45, 7) is 7.59. The quantitative estimate of drug-likeness (QED) is 0.648. The van der Waals surface area contributed by atoms with Crippen LogP contribution in [0, 0.1) is 17.3 Å². The normalized spacial score (nSPS) is 32.0. The summed E-state index contributed by atoms with van der Waals surface area (Å²) < 4.78 is 16.4. The van der Waals surface area contributed by atoms with Gasteiger partial charge in [0.05, 0.1) is 38.6 Å². The van der Waals surface area contributed by atoms with E-state index in [1.807, 2.05) is 0 Å². The fraction of sp³-hybridized carbons (Fsp3) is 1.00. The van der Waals surface area contributed by atoms with Crippen LogP contribution in [0.15, 0.2) is 0 Å². The first-order valence-electron chi connectivity index (χ1n) is 9.90. The van der Waals surface area contributed by atoms with Crippen molar-refractivity contribution in [3.8, 4) is 0 Å². The van der Waals surface area contributed by atoms with Crippen LogP contribution < -0.4 is 0 Å². The molecule has 142 valence electrons. The number of ether oxygens (including phenoxy) is 3. The number of hydrogen-bond acceptors (Lipinski definition) is 4. The zero-order valence-electron chi connectivity index (χ0n) is 16.0. The minimum atomic E-state index is -0.0488. The van der Waals surface area contributed by atoms with Crippen molar-refractivity contribution in [2.24, 2.45) is 17.3 Å². The Balaban J connectivity index is 1.64. The molecule has 0 amide bonds. The predicted octanol–water partition coefficient (Wildman–Crippen LogP) is 3.80. The van der Waals surface area contributed by atoms with Crippen LogP contribution >= 0.6 is 0 Å². The molecular weight excluding hydrogens is 304 g/mol. The van der Waals surface area contributed by atoms with E-state index in [2.05, 4.69) is 13.8 Å². The van der Waals surface area contributed by atoms with Crippen LogP contribution in [0.1, 0.15) is 65.2 Å². The fourth-order valence-electron chi connectivity index (χ4n) is 4.64. The van der Waals surface area contributed by atoms with Gasteiger partial charge < -0.3 is 19.3 Å². The molecule has 0 bridgehead atoms. The first-order chi connectivity index (χ1) is 11.5. The number of aliphatic hydroxyl groups excluding tert-OH is 1. The molecule has 0 radical (unpaired) electrons. The molecule has 0 aromatic rings. The minimum absolute atomic E-state index is 0.0488. The van der Waals surface area contributed by atoms with Gasteiger partial charge in [-0.1, -0.05) is 13.8 Å². The van der Waals surface area contributed by atoms with Crippen molar-refractivity contribution >= 4 is 0 Å². The summed E-state index contributed by atoms with van der Waals surface area (Å²) in [5.74, 6) is 1.58. The maximum absolute atomic E-state index is 9.75. The maximum Gasteiger partial charge on any atom is 0.0704 e. The van der Waals surface area contributed by atoms with Crippen molar-refractivity contribution in [1.29, 1.82) is 0 Å². The molecular formula is C20H38O4. The van der Waals surface area contributed by atoms with Crippen LogP contribution in [0.25, 0.3) is 0 Å². The van der Waals surface area contributed by atoms with Crippen LogP contribution in [0.5, 0.6) is 0 Å². The third-order valence-electron chi connectivity index (χ3n) is 6.49. The molecule has 4 nitrogen and oxygen atoms in total. The Morgan fingerprint density at radius 3 is 1.92 bits per heavy atom. The second kappa shape index (κ2) is 10.1. The molecule has 2 rings (SSSR count). The molecule has 0 saturated heterocycles. The lowest BCUT2D eigenvalue weighted by Gasteiger charge is -2.46. The van der Waals surface area contributed by atoms with Gasteiger partial charge in [-0.3, -0.25) is 0 Å². The van der Waals surface area contributed by atoms with Crippen LogP contribution in [-0.2, 0) is 14.2 Å². The average molecular weight is 343 g/mol. The topological polar surface area (TPSA) is 47.9 Å². The van der Waals surface area contributed by atoms with Crippen molar-refractivity contribution in [2.75, 3.05) is 33.5 Å². The van der Waals surface area contributed by atoms with Crippen molar-refractivity contribution in [3.05, 3.63) is 0 Å². The van der Waals surface area contributed by atoms with E-state index in [-0.39, 0.29) is 6.10 Å². The zero-order chi connectivity index (χ0) is 17.4. The first-order valence-corrected chi connectivity index (χ1v) is 9.90. The Morgan fingerprint density at radius 1 is 0.792 bits per heavy atom. The van der Waals surface area contributed by atoms with Gasteiger partial charge in [0.2, 0.25) is 0 Å². The van der Waals surface area contributed by atoms with E-state index in [0.29, 0.717) is 37.9 Å². The molecule has 1 N–H and O–H groups in total. The lowest BCUT2D eigenvalue weighted by Crippen LogP contribution is -2.38. The molecule has 2 saturated carbocycles. The predicted molar refractivity (Wildman–Crippen MR) is 96.1 cm³/mol. The van der Waals surface area contributed by atoms with Crippen molar-refractivity contribution in [2.45, 2.75) is 77.4 Å². The van der Waals surface area contributed by atoms with Gasteiger partial charge in [0, 0.05) is 7.11 Å². The van der Waals surface area contributed by atoms with Gasteiger partial charge in [-0.2, -0.15) is 0 Å². The molecule has 0 spiro atoms. The highest BCUT2D eigenvalue weighted by Crippen LogP contribution is 2.48. The molecule has 0 aliphatic heterocycles. The van der Waals surface area contributed by atoms with E-state index in [1.54, 1.807) is 7.11 Å². The van der Waals surface area contributed by atoms with Crippen molar-refractivity contribution < 1.29 is 19.3 Å². The molecule has 0 aromatic carbocycles. The fourth-order valence-corrected chi connectivity index (χ4v) is 4.64. The third-order valence-corrected chi connectivity index (χ3v) is 6.49. The lowest BCUT2D eigenvalue weighted by atomic mass is 9.60. The van der Waals surface area contributed by atoms with E-state index in [1.165, 1.54) is 38.5 Å². The van der Waals surface area contributed by atoms with Gasteiger partial charge in [-0.05, 0) is 68.6 Å². The average Bonchev–Trinajstić information content (AvgIpc) is 2.59. The van der Waals surface area contributed by atoms with Gasteiger partial charge >= 0.3 is 0 Å². The Labute approximate surface area is 148 Å². The molecule has 0 atom stereocenters. The zero-order valence-corrected chi connectivity index (χ0v) is 16.0. The second-order valence-corrected chi connectivity index (χ2v) is 8.28. The van der Waals surface area contributed by atoms with Gasteiger partial charge in [-0.15, -0.1) is 0 Å². The van der Waals surface area contributed by atoms with E-state index >= 15 is 0 Å². The SMILES string of the molecule is COCCOCCOC1CCC(C(C)(C)C2CCC(O)CC2)CC1. The van der Waals surface area contributed by atoms with E-state index < -0.39 is 0 Å². The summed E-state index contributed by atoms with van der Waals surface area (Å²) in [5.41, 5.74) is 0.397. The van der Waals surface area contributed by atoms with E-state index in [9.17, 15) is 5.11 Å². The number of hydrogen-bond donors (Lipinski definition) is 1. The van der Waals surface area contributed by atoms with Crippen molar-refractivity contribution in [3.63, 3.8) is 0 Å². The van der Waals surface area contributed by atoms with Crippen molar-refractivity contribution in [1.82, 2.24) is 0 Å². The lowest BCUT2D eigenvalue weighted by molar-refractivity contribution is -0.0426. The summed E-state index contributed by atoms with van der Waals surface area (Å²) in [4.78, 5) is 0. The molecule has 2 aliphatic carbocycles. The van der Waals surface area contributed by atoms with Gasteiger partial charge in [-0.25, -0.2) is 0 Å². The highest BCUT2D eigenvalue weighted by Gasteiger charge is 2.40. The molecule has 24 heavy (non-hydrogen) atoms. The highest BCUT2D eigenvalue weighted by molar-refractivity contribution is 4.90. The number of rotatable bonds is 9. The van der Waals surface area contributed by atoms with Gasteiger partial charge in [0.25, 0.3) is 0 Å². The van der Waals surface area contributed by atoms with Gasteiger partial charge in [0.1, 0.15) is 0 Å². The second-order valence-electron chi connectivity index (χ2n) is 8.28. The van der Waals surface area contributed by atoms with Crippen LogP contribution in [-0.4, -0.2) is 50.9 Å². The van der Waals surface area contributed by atoms with Crippen LogP contribution in [0.4, 0.5) is 0 Å². The summed E-state index contributed by atoms with van der Waals surface area (Å²) in [7, 11) is 1.69. The minimum Gasteiger partial charge on any atom is -0.393 e. The molecule has 2 fully saturated rings.